The van der Waals surface area contributed by atoms with Crippen molar-refractivity contribution >= 4 is 17.6 Å². The highest BCUT2D eigenvalue weighted by atomic mass is 19.1. The molecule has 2 aromatic rings. The maximum absolute atomic E-state index is 13.6. The molecule has 0 bridgehead atoms. The third-order valence-corrected chi connectivity index (χ3v) is 4.16. The third-order valence-electron chi connectivity index (χ3n) is 4.16. The van der Waals surface area contributed by atoms with Crippen LogP contribution in [0.3, 0.4) is 0 Å². The normalized spacial score (nSPS) is 16.8. The quantitative estimate of drug-likeness (QED) is 0.784. The minimum atomic E-state index is -0.436. The molecule has 0 aliphatic carbocycles. The standard InChI is InChI=1S/C19H18FNO4/c1-24-19(23)14-10-18(22)21(11-14)15-6-8-16(9-7-15)25-12-13-4-2-3-5-17(13)20/h2-9,14H,10-12H2,1H3. The van der Waals surface area contributed by atoms with Gasteiger partial charge in [-0.1, -0.05) is 18.2 Å². The van der Waals surface area contributed by atoms with Crippen LogP contribution in [0, 0.1) is 11.7 Å². The summed E-state index contributed by atoms with van der Waals surface area (Å²) in [6, 6.07) is 13.4. The maximum atomic E-state index is 13.6. The number of nitrogens with zero attached hydrogens (tertiary/aromatic N) is 1. The van der Waals surface area contributed by atoms with Gasteiger partial charge in [-0.3, -0.25) is 9.59 Å². The molecule has 6 heteroatoms. The first kappa shape index (κ1) is 17.0. The molecule has 0 saturated carbocycles. The summed E-state index contributed by atoms with van der Waals surface area (Å²) >= 11 is 0. The number of halogens is 1. The van der Waals surface area contributed by atoms with E-state index in [1.807, 2.05) is 0 Å². The number of anilines is 1. The van der Waals surface area contributed by atoms with Crippen molar-refractivity contribution in [2.45, 2.75) is 13.0 Å². The topological polar surface area (TPSA) is 55.8 Å². The molecule has 1 heterocycles. The van der Waals surface area contributed by atoms with Crippen LogP contribution >= 0.6 is 0 Å². The summed E-state index contributed by atoms with van der Waals surface area (Å²) in [5.74, 6) is -0.663. The van der Waals surface area contributed by atoms with Crippen molar-refractivity contribution in [1.29, 1.82) is 0 Å². The highest BCUT2D eigenvalue weighted by Gasteiger charge is 2.35. The van der Waals surface area contributed by atoms with Crippen LogP contribution in [-0.4, -0.2) is 25.5 Å². The van der Waals surface area contributed by atoms with Crippen LogP contribution in [0.4, 0.5) is 10.1 Å². The molecule has 2 aromatic carbocycles. The highest BCUT2D eigenvalue weighted by Crippen LogP contribution is 2.27. The lowest BCUT2D eigenvalue weighted by Crippen LogP contribution is -2.26. The van der Waals surface area contributed by atoms with Crippen LogP contribution in [0.2, 0.25) is 0 Å². The Balaban J connectivity index is 1.63. The van der Waals surface area contributed by atoms with Gasteiger partial charge in [-0.2, -0.15) is 0 Å². The van der Waals surface area contributed by atoms with E-state index >= 15 is 0 Å². The first-order valence-corrected chi connectivity index (χ1v) is 7.93. The number of esters is 1. The average Bonchev–Trinajstić information content (AvgIpc) is 3.02. The molecule has 0 spiro atoms. The van der Waals surface area contributed by atoms with E-state index in [0.717, 1.165) is 0 Å². The largest absolute Gasteiger partial charge is 0.489 e. The summed E-state index contributed by atoms with van der Waals surface area (Å²) in [4.78, 5) is 25.2. The summed E-state index contributed by atoms with van der Waals surface area (Å²) < 4.78 is 23.9. The van der Waals surface area contributed by atoms with Gasteiger partial charge >= 0.3 is 5.97 Å². The number of carbonyl (C=O) groups is 2. The van der Waals surface area contributed by atoms with Gasteiger partial charge in [0, 0.05) is 24.2 Å². The van der Waals surface area contributed by atoms with Crippen LogP contribution in [0.15, 0.2) is 48.5 Å². The molecule has 0 aromatic heterocycles. The molecule has 1 amide bonds. The molecule has 25 heavy (non-hydrogen) atoms. The van der Waals surface area contributed by atoms with Gasteiger partial charge in [-0.25, -0.2) is 4.39 Å². The fraction of sp³-hybridized carbons (Fsp3) is 0.263. The van der Waals surface area contributed by atoms with Gasteiger partial charge in [0.15, 0.2) is 0 Å². The van der Waals surface area contributed by atoms with Crippen molar-refractivity contribution in [2.75, 3.05) is 18.6 Å². The van der Waals surface area contributed by atoms with Crippen molar-refractivity contribution in [3.8, 4) is 5.75 Å². The van der Waals surface area contributed by atoms with Crippen molar-refractivity contribution in [3.63, 3.8) is 0 Å². The van der Waals surface area contributed by atoms with Crippen LogP contribution in [0.25, 0.3) is 0 Å². The molecule has 1 unspecified atom stereocenters. The van der Waals surface area contributed by atoms with Gasteiger partial charge in [0.05, 0.1) is 13.0 Å². The molecular formula is C19H18FNO4. The summed E-state index contributed by atoms with van der Waals surface area (Å²) in [7, 11) is 1.32. The van der Waals surface area contributed by atoms with Crippen LogP contribution < -0.4 is 9.64 Å². The lowest BCUT2D eigenvalue weighted by Gasteiger charge is -2.17. The summed E-state index contributed by atoms with van der Waals surface area (Å²) in [6.45, 7) is 0.431. The van der Waals surface area contributed by atoms with Gasteiger partial charge in [-0.15, -0.1) is 0 Å². The SMILES string of the molecule is COC(=O)C1CC(=O)N(c2ccc(OCc3ccccc3F)cc2)C1. The van der Waals surface area contributed by atoms with E-state index in [1.54, 1.807) is 47.4 Å². The van der Waals surface area contributed by atoms with E-state index in [2.05, 4.69) is 0 Å². The smallest absolute Gasteiger partial charge is 0.311 e. The number of methoxy groups -OCH3 is 1. The molecule has 1 atom stereocenters. The predicted octanol–water partition coefficient (Wildman–Crippen LogP) is 2.93. The van der Waals surface area contributed by atoms with Crippen molar-refractivity contribution < 1.29 is 23.5 Å². The van der Waals surface area contributed by atoms with Crippen LogP contribution in [-0.2, 0) is 20.9 Å². The second-order valence-corrected chi connectivity index (χ2v) is 5.80. The molecule has 0 radical (unpaired) electrons. The summed E-state index contributed by atoms with van der Waals surface area (Å²) in [5, 5.41) is 0. The van der Waals surface area contributed by atoms with E-state index < -0.39 is 5.92 Å². The van der Waals surface area contributed by atoms with Gasteiger partial charge in [0.25, 0.3) is 0 Å². The zero-order valence-electron chi connectivity index (χ0n) is 13.8. The van der Waals surface area contributed by atoms with Crippen LogP contribution in [0.5, 0.6) is 5.75 Å². The zero-order valence-corrected chi connectivity index (χ0v) is 13.8. The molecule has 1 aliphatic heterocycles. The molecule has 130 valence electrons. The Morgan fingerprint density at radius 2 is 1.92 bits per heavy atom. The van der Waals surface area contributed by atoms with Crippen molar-refractivity contribution in [2.24, 2.45) is 5.92 Å². The Labute approximate surface area is 145 Å². The predicted molar refractivity (Wildman–Crippen MR) is 89.7 cm³/mol. The Kier molecular flexibility index (Phi) is 4.97. The van der Waals surface area contributed by atoms with E-state index in [-0.39, 0.29) is 30.7 Å². The van der Waals surface area contributed by atoms with Gasteiger partial charge in [0.1, 0.15) is 18.2 Å². The first-order chi connectivity index (χ1) is 12.1. The monoisotopic (exact) mass is 343 g/mol. The van der Waals surface area contributed by atoms with E-state index in [1.165, 1.54) is 13.2 Å². The Morgan fingerprint density at radius 1 is 1.20 bits per heavy atom. The molecule has 5 nitrogen and oxygen atoms in total. The minimum Gasteiger partial charge on any atom is -0.489 e. The molecule has 1 aliphatic rings. The molecule has 0 N–H and O–H groups in total. The molecule has 1 saturated heterocycles. The number of hydrogen-bond donors (Lipinski definition) is 0. The van der Waals surface area contributed by atoms with E-state index in [4.69, 9.17) is 9.47 Å². The Morgan fingerprint density at radius 3 is 2.60 bits per heavy atom. The van der Waals surface area contributed by atoms with E-state index in [0.29, 0.717) is 23.5 Å². The second kappa shape index (κ2) is 7.34. The molecular weight excluding hydrogens is 325 g/mol. The number of carbonyl (C=O) groups excluding carboxylic acids is 2. The van der Waals surface area contributed by atoms with Crippen LogP contribution in [0.1, 0.15) is 12.0 Å². The van der Waals surface area contributed by atoms with Crippen molar-refractivity contribution in [1.82, 2.24) is 0 Å². The third kappa shape index (κ3) is 3.79. The molecule has 1 fully saturated rings. The van der Waals surface area contributed by atoms with Gasteiger partial charge < -0.3 is 14.4 Å². The van der Waals surface area contributed by atoms with Gasteiger partial charge in [-0.05, 0) is 30.3 Å². The number of amides is 1. The maximum Gasteiger partial charge on any atom is 0.311 e. The minimum absolute atomic E-state index is 0.115. The highest BCUT2D eigenvalue weighted by molar-refractivity contribution is 5.99. The summed E-state index contributed by atoms with van der Waals surface area (Å²) in [6.07, 6.45) is 0.151. The lowest BCUT2D eigenvalue weighted by molar-refractivity contribution is -0.145. The lowest BCUT2D eigenvalue weighted by atomic mass is 10.1. The number of rotatable bonds is 5. The summed E-state index contributed by atoms with van der Waals surface area (Å²) in [5.41, 5.74) is 1.16. The number of hydrogen-bond acceptors (Lipinski definition) is 4. The molecule has 3 rings (SSSR count). The second-order valence-electron chi connectivity index (χ2n) is 5.80. The Bertz CT molecular complexity index is 775. The number of ether oxygens (including phenoxy) is 2. The zero-order chi connectivity index (χ0) is 17.8. The van der Waals surface area contributed by atoms with Gasteiger partial charge in [0.2, 0.25) is 5.91 Å². The Hall–Kier alpha value is -2.89. The average molecular weight is 343 g/mol. The number of benzene rings is 2. The van der Waals surface area contributed by atoms with E-state index in [9.17, 15) is 14.0 Å². The fourth-order valence-corrected chi connectivity index (χ4v) is 2.78. The first-order valence-electron chi connectivity index (χ1n) is 7.93. The fourth-order valence-electron chi connectivity index (χ4n) is 2.78. The van der Waals surface area contributed by atoms with Crippen molar-refractivity contribution in [3.05, 3.63) is 59.9 Å².